The lowest BCUT2D eigenvalue weighted by Gasteiger charge is -2.39. The fraction of sp³-hybridized carbons (Fsp3) is 1.00. The number of hydrogen-bond donors (Lipinski definition) is 0. The van der Waals surface area contributed by atoms with Gasteiger partial charge in [-0.1, -0.05) is 19.8 Å². The molecular formula is C13H22O. The second-order valence-corrected chi connectivity index (χ2v) is 5.99. The molecular weight excluding hydrogens is 172 g/mol. The van der Waals surface area contributed by atoms with E-state index in [1.807, 2.05) is 0 Å². The average Bonchev–Trinajstić information content (AvgIpc) is 2.90. The third kappa shape index (κ3) is 1.60. The van der Waals surface area contributed by atoms with Crippen LogP contribution >= 0.6 is 0 Å². The highest BCUT2D eigenvalue weighted by Crippen LogP contribution is 2.50. The van der Waals surface area contributed by atoms with Gasteiger partial charge >= 0.3 is 0 Å². The molecule has 1 spiro atoms. The van der Waals surface area contributed by atoms with Gasteiger partial charge < -0.3 is 4.74 Å². The summed E-state index contributed by atoms with van der Waals surface area (Å²) in [6.07, 6.45) is 9.79. The van der Waals surface area contributed by atoms with Crippen molar-refractivity contribution < 1.29 is 4.74 Å². The highest BCUT2D eigenvalue weighted by Gasteiger charge is 2.46. The maximum absolute atomic E-state index is 6.26. The second-order valence-electron chi connectivity index (χ2n) is 5.99. The minimum Gasteiger partial charge on any atom is -0.375 e. The van der Waals surface area contributed by atoms with Crippen LogP contribution in [0.4, 0.5) is 0 Å². The molecule has 0 aromatic rings. The smallest absolute Gasteiger partial charge is 0.0685 e. The van der Waals surface area contributed by atoms with Crippen molar-refractivity contribution >= 4 is 0 Å². The van der Waals surface area contributed by atoms with Crippen molar-refractivity contribution in [3.05, 3.63) is 0 Å². The van der Waals surface area contributed by atoms with E-state index in [9.17, 15) is 0 Å². The van der Waals surface area contributed by atoms with Crippen LogP contribution < -0.4 is 0 Å². The van der Waals surface area contributed by atoms with E-state index in [4.69, 9.17) is 4.74 Å². The van der Waals surface area contributed by atoms with Gasteiger partial charge in [0.05, 0.1) is 12.2 Å². The topological polar surface area (TPSA) is 9.23 Å². The summed E-state index contributed by atoms with van der Waals surface area (Å²) in [5.74, 6) is 2.90. The molecule has 1 nitrogen and oxygen atoms in total. The lowest BCUT2D eigenvalue weighted by Crippen LogP contribution is -2.37. The zero-order valence-corrected chi connectivity index (χ0v) is 9.30. The number of fused-ring (bicyclic) bond motifs is 1. The van der Waals surface area contributed by atoms with Gasteiger partial charge in [-0.05, 0) is 49.9 Å². The van der Waals surface area contributed by atoms with Crippen molar-refractivity contribution in [2.45, 2.75) is 57.5 Å². The largest absolute Gasteiger partial charge is 0.375 e. The third-order valence-corrected chi connectivity index (χ3v) is 4.69. The van der Waals surface area contributed by atoms with Gasteiger partial charge in [-0.25, -0.2) is 0 Å². The van der Waals surface area contributed by atoms with Crippen molar-refractivity contribution in [1.82, 2.24) is 0 Å². The van der Waals surface area contributed by atoms with E-state index in [1.54, 1.807) is 0 Å². The van der Waals surface area contributed by atoms with Gasteiger partial charge in [-0.15, -0.1) is 0 Å². The minimum absolute atomic E-state index is 0.324. The van der Waals surface area contributed by atoms with Crippen LogP contribution in [-0.4, -0.2) is 12.2 Å². The standard InChI is InChI=1S/C13H22O/c1-10-3-2-5-13(8-10)6-4-11-7-12(11)9-14-13/h10-12H,2-9H2,1H3/t10-,11-,12+,13+/m1/s1. The first-order valence-corrected chi connectivity index (χ1v) is 6.41. The summed E-state index contributed by atoms with van der Waals surface area (Å²) in [7, 11) is 0. The normalized spacial score (nSPS) is 52.5. The molecule has 1 aliphatic heterocycles. The molecule has 0 unspecified atom stereocenters. The summed E-state index contributed by atoms with van der Waals surface area (Å²) in [6, 6.07) is 0. The number of hydrogen-bond acceptors (Lipinski definition) is 1. The molecule has 1 heterocycles. The van der Waals surface area contributed by atoms with E-state index in [2.05, 4.69) is 6.92 Å². The first-order valence-electron chi connectivity index (χ1n) is 6.41. The van der Waals surface area contributed by atoms with E-state index >= 15 is 0 Å². The Balaban J connectivity index is 1.68. The minimum atomic E-state index is 0.324. The van der Waals surface area contributed by atoms with Crippen LogP contribution in [0.25, 0.3) is 0 Å². The molecule has 0 radical (unpaired) electrons. The molecule has 3 rings (SSSR count). The van der Waals surface area contributed by atoms with Crippen molar-refractivity contribution in [1.29, 1.82) is 0 Å². The molecule has 3 aliphatic rings. The maximum atomic E-state index is 6.26. The van der Waals surface area contributed by atoms with Gasteiger partial charge in [-0.3, -0.25) is 0 Å². The predicted molar refractivity (Wildman–Crippen MR) is 57.1 cm³/mol. The van der Waals surface area contributed by atoms with Crippen LogP contribution in [0, 0.1) is 17.8 Å². The fourth-order valence-corrected chi connectivity index (χ4v) is 3.64. The van der Waals surface area contributed by atoms with Gasteiger partial charge in [0, 0.05) is 0 Å². The van der Waals surface area contributed by atoms with Crippen LogP contribution in [-0.2, 0) is 4.74 Å². The third-order valence-electron chi connectivity index (χ3n) is 4.69. The second kappa shape index (κ2) is 3.23. The van der Waals surface area contributed by atoms with E-state index in [-0.39, 0.29) is 0 Å². The van der Waals surface area contributed by atoms with Crippen LogP contribution in [0.2, 0.25) is 0 Å². The lowest BCUT2D eigenvalue weighted by atomic mass is 9.76. The molecule has 0 N–H and O–H groups in total. The predicted octanol–water partition coefficient (Wildman–Crippen LogP) is 3.38. The van der Waals surface area contributed by atoms with E-state index in [0.29, 0.717) is 5.60 Å². The Hall–Kier alpha value is -0.0400. The molecule has 2 saturated carbocycles. The summed E-state index contributed by atoms with van der Waals surface area (Å²) < 4.78 is 6.26. The SMILES string of the molecule is C[C@@H]1CCC[C@]2(CC[C@@H]3C[C@H]3CO2)C1. The first kappa shape index (κ1) is 9.21. The molecule has 3 fully saturated rings. The van der Waals surface area contributed by atoms with Crippen LogP contribution in [0.15, 0.2) is 0 Å². The Labute approximate surface area is 87.2 Å². The summed E-state index contributed by atoms with van der Waals surface area (Å²) in [4.78, 5) is 0. The molecule has 1 heteroatoms. The van der Waals surface area contributed by atoms with Crippen molar-refractivity contribution in [2.75, 3.05) is 6.61 Å². The monoisotopic (exact) mass is 194 g/mol. The van der Waals surface area contributed by atoms with E-state index in [1.165, 1.54) is 44.9 Å². The van der Waals surface area contributed by atoms with Crippen LogP contribution in [0.5, 0.6) is 0 Å². The maximum Gasteiger partial charge on any atom is 0.0685 e. The Morgan fingerprint density at radius 1 is 1.14 bits per heavy atom. The van der Waals surface area contributed by atoms with Crippen molar-refractivity contribution in [3.63, 3.8) is 0 Å². The molecule has 4 atom stereocenters. The summed E-state index contributed by atoms with van der Waals surface area (Å²) in [6.45, 7) is 3.48. The highest BCUT2D eigenvalue weighted by atomic mass is 16.5. The molecule has 0 bridgehead atoms. The average molecular weight is 194 g/mol. The Kier molecular flexibility index (Phi) is 2.12. The Morgan fingerprint density at radius 3 is 2.93 bits per heavy atom. The quantitative estimate of drug-likeness (QED) is 0.574. The fourth-order valence-electron chi connectivity index (χ4n) is 3.64. The van der Waals surface area contributed by atoms with Crippen LogP contribution in [0.1, 0.15) is 51.9 Å². The van der Waals surface area contributed by atoms with Crippen LogP contribution in [0.3, 0.4) is 0 Å². The molecule has 0 aromatic heterocycles. The zero-order valence-electron chi connectivity index (χ0n) is 9.30. The molecule has 1 saturated heterocycles. The first-order chi connectivity index (χ1) is 6.77. The molecule has 14 heavy (non-hydrogen) atoms. The molecule has 2 aliphatic carbocycles. The highest BCUT2D eigenvalue weighted by molar-refractivity contribution is 4.96. The Morgan fingerprint density at radius 2 is 2.07 bits per heavy atom. The molecule has 0 amide bonds. The molecule has 0 aromatic carbocycles. The van der Waals surface area contributed by atoms with Gasteiger partial charge in [0.1, 0.15) is 0 Å². The van der Waals surface area contributed by atoms with Gasteiger partial charge in [0.25, 0.3) is 0 Å². The number of ether oxygens (including phenoxy) is 1. The van der Waals surface area contributed by atoms with Gasteiger partial charge in [0.15, 0.2) is 0 Å². The summed E-state index contributed by atoms with van der Waals surface area (Å²) in [5.41, 5.74) is 0.324. The van der Waals surface area contributed by atoms with Crippen molar-refractivity contribution in [3.8, 4) is 0 Å². The van der Waals surface area contributed by atoms with Gasteiger partial charge in [-0.2, -0.15) is 0 Å². The van der Waals surface area contributed by atoms with E-state index < -0.39 is 0 Å². The Bertz CT molecular complexity index is 211. The summed E-state index contributed by atoms with van der Waals surface area (Å²) >= 11 is 0. The summed E-state index contributed by atoms with van der Waals surface area (Å²) in [5, 5.41) is 0. The molecule has 80 valence electrons. The van der Waals surface area contributed by atoms with Crippen molar-refractivity contribution in [2.24, 2.45) is 17.8 Å². The number of rotatable bonds is 0. The van der Waals surface area contributed by atoms with Gasteiger partial charge in [0.2, 0.25) is 0 Å². The lowest BCUT2D eigenvalue weighted by molar-refractivity contribution is -0.0843. The van der Waals surface area contributed by atoms with E-state index in [0.717, 1.165) is 24.4 Å². The zero-order chi connectivity index (χ0) is 9.60.